The number of nitrogens with one attached hydrogen (secondary N) is 1. The molecule has 0 spiro atoms. The van der Waals surface area contributed by atoms with Crippen molar-refractivity contribution in [1.29, 1.82) is 0 Å². The van der Waals surface area contributed by atoms with Crippen LogP contribution in [0.4, 0.5) is 5.69 Å². The first-order valence-electron chi connectivity index (χ1n) is 6.79. The van der Waals surface area contributed by atoms with Gasteiger partial charge in [0.1, 0.15) is 11.3 Å². The first-order chi connectivity index (χ1) is 10.6. The number of nitrogen functional groups attached to an aromatic ring is 1. The Bertz CT molecular complexity index is 894. The number of nitrogens with two attached hydrogens (primary N) is 1. The molecule has 2 heterocycles. The zero-order valence-electron chi connectivity index (χ0n) is 11.9. The molecule has 0 amide bonds. The molecule has 6 heteroatoms. The number of anilines is 1. The van der Waals surface area contributed by atoms with Crippen LogP contribution in [-0.2, 0) is 4.74 Å². The van der Waals surface area contributed by atoms with Gasteiger partial charge in [-0.3, -0.25) is 9.78 Å². The van der Waals surface area contributed by atoms with E-state index in [4.69, 9.17) is 14.9 Å². The number of aromatic nitrogens is 1. The van der Waals surface area contributed by atoms with Crippen LogP contribution in [0.15, 0.2) is 45.6 Å². The normalized spacial score (nSPS) is 10.8. The molecule has 6 nitrogen and oxygen atoms in total. The molecule has 3 rings (SSSR count). The quantitative estimate of drug-likeness (QED) is 0.724. The summed E-state index contributed by atoms with van der Waals surface area (Å²) in [7, 11) is 0. The fourth-order valence-electron chi connectivity index (χ4n) is 2.26. The third kappa shape index (κ3) is 2.24. The molecule has 0 fully saturated rings. The predicted octanol–water partition coefficient (Wildman–Crippen LogP) is 2.55. The van der Waals surface area contributed by atoms with Gasteiger partial charge in [0.25, 0.3) is 5.56 Å². The highest BCUT2D eigenvalue weighted by Gasteiger charge is 2.21. The molecule has 0 saturated heterocycles. The van der Waals surface area contributed by atoms with Crippen molar-refractivity contribution in [2.45, 2.75) is 6.92 Å². The van der Waals surface area contributed by atoms with Crippen molar-refractivity contribution in [3.05, 3.63) is 52.3 Å². The maximum absolute atomic E-state index is 12.0. The number of furan rings is 1. The Labute approximate surface area is 125 Å². The highest BCUT2D eigenvalue weighted by atomic mass is 16.5. The van der Waals surface area contributed by atoms with Crippen molar-refractivity contribution in [3.8, 4) is 11.3 Å². The second kappa shape index (κ2) is 5.40. The van der Waals surface area contributed by atoms with Gasteiger partial charge in [0.2, 0.25) is 5.71 Å². The molecule has 0 unspecified atom stereocenters. The van der Waals surface area contributed by atoms with Gasteiger partial charge >= 0.3 is 5.97 Å². The number of esters is 1. The summed E-state index contributed by atoms with van der Waals surface area (Å²) in [6.45, 7) is 1.82. The molecule has 112 valence electrons. The lowest BCUT2D eigenvalue weighted by Crippen LogP contribution is -2.22. The Morgan fingerprint density at radius 1 is 1.32 bits per heavy atom. The fourth-order valence-corrected chi connectivity index (χ4v) is 2.26. The van der Waals surface area contributed by atoms with Crippen LogP contribution in [-0.4, -0.2) is 17.6 Å². The number of aromatic amines is 1. The number of hydrogen-bond acceptors (Lipinski definition) is 5. The van der Waals surface area contributed by atoms with E-state index in [0.29, 0.717) is 11.1 Å². The molecule has 0 atom stereocenters. The number of pyridine rings is 1. The van der Waals surface area contributed by atoms with E-state index < -0.39 is 11.5 Å². The van der Waals surface area contributed by atoms with Gasteiger partial charge in [0.15, 0.2) is 0 Å². The number of H-pyrrole nitrogens is 1. The standard InChI is InChI=1S/C16H14N2O4/c1-2-21-16(20)12-13(17)10-8-11(9-6-4-3-5-7-9)22-15(10)18-14(12)19/h3-8H,2H2,1H3,(H3,17,18,19). The maximum Gasteiger partial charge on any atom is 0.345 e. The molecule has 0 bridgehead atoms. The number of rotatable bonds is 3. The summed E-state index contributed by atoms with van der Waals surface area (Å²) in [6, 6.07) is 11.1. The molecule has 0 aliphatic rings. The van der Waals surface area contributed by atoms with E-state index in [1.165, 1.54) is 0 Å². The van der Waals surface area contributed by atoms with Gasteiger partial charge in [-0.05, 0) is 13.0 Å². The minimum absolute atomic E-state index is 0.0585. The lowest BCUT2D eigenvalue weighted by atomic mass is 10.1. The molecule has 3 aromatic rings. The van der Waals surface area contributed by atoms with Crippen molar-refractivity contribution in [3.63, 3.8) is 0 Å². The maximum atomic E-state index is 12.0. The van der Waals surface area contributed by atoms with Gasteiger partial charge in [-0.25, -0.2) is 4.79 Å². The van der Waals surface area contributed by atoms with E-state index in [2.05, 4.69) is 4.98 Å². The van der Waals surface area contributed by atoms with Gasteiger partial charge in [-0.2, -0.15) is 0 Å². The summed E-state index contributed by atoms with van der Waals surface area (Å²) in [5, 5.41) is 0.474. The highest BCUT2D eigenvalue weighted by molar-refractivity contribution is 6.03. The van der Waals surface area contributed by atoms with Crippen molar-refractivity contribution in [1.82, 2.24) is 4.98 Å². The molecule has 3 N–H and O–H groups in total. The van der Waals surface area contributed by atoms with Gasteiger partial charge in [-0.1, -0.05) is 30.3 Å². The molecule has 0 radical (unpaired) electrons. The van der Waals surface area contributed by atoms with Gasteiger partial charge in [0, 0.05) is 5.56 Å². The van der Waals surface area contributed by atoms with E-state index in [0.717, 1.165) is 5.56 Å². The van der Waals surface area contributed by atoms with Crippen LogP contribution >= 0.6 is 0 Å². The van der Waals surface area contributed by atoms with Crippen LogP contribution in [0, 0.1) is 0 Å². The number of benzene rings is 1. The molecular weight excluding hydrogens is 284 g/mol. The summed E-state index contributed by atoms with van der Waals surface area (Å²) in [4.78, 5) is 26.4. The number of ether oxygens (including phenoxy) is 1. The average molecular weight is 298 g/mol. The van der Waals surface area contributed by atoms with Gasteiger partial charge < -0.3 is 14.9 Å². The Morgan fingerprint density at radius 2 is 2.05 bits per heavy atom. The topological polar surface area (TPSA) is 98.3 Å². The number of hydrogen-bond donors (Lipinski definition) is 2. The van der Waals surface area contributed by atoms with Crippen LogP contribution in [0.2, 0.25) is 0 Å². The second-order valence-corrected chi connectivity index (χ2v) is 4.68. The van der Waals surface area contributed by atoms with E-state index >= 15 is 0 Å². The van der Waals surface area contributed by atoms with E-state index in [1.807, 2.05) is 30.3 Å². The monoisotopic (exact) mass is 298 g/mol. The zero-order chi connectivity index (χ0) is 15.7. The fraction of sp³-hybridized carbons (Fsp3) is 0.125. The summed E-state index contributed by atoms with van der Waals surface area (Å²) in [5.41, 5.74) is 6.27. The molecule has 0 aliphatic carbocycles. The van der Waals surface area contributed by atoms with Crippen LogP contribution in [0.25, 0.3) is 22.4 Å². The smallest absolute Gasteiger partial charge is 0.345 e. The van der Waals surface area contributed by atoms with E-state index in [9.17, 15) is 9.59 Å². The predicted molar refractivity (Wildman–Crippen MR) is 82.6 cm³/mol. The summed E-state index contributed by atoms with van der Waals surface area (Å²) in [5.74, 6) is -0.190. The van der Waals surface area contributed by atoms with Crippen LogP contribution in [0.5, 0.6) is 0 Å². The summed E-state index contributed by atoms with van der Waals surface area (Å²) >= 11 is 0. The first-order valence-corrected chi connectivity index (χ1v) is 6.79. The molecule has 2 aromatic heterocycles. The number of fused-ring (bicyclic) bond motifs is 1. The number of carbonyl (C=O) groups is 1. The van der Waals surface area contributed by atoms with E-state index in [-0.39, 0.29) is 23.6 Å². The number of carbonyl (C=O) groups excluding carboxylic acids is 1. The van der Waals surface area contributed by atoms with Crippen molar-refractivity contribution in [2.75, 3.05) is 12.3 Å². The Morgan fingerprint density at radius 3 is 2.73 bits per heavy atom. The Balaban J connectivity index is 2.19. The minimum Gasteiger partial charge on any atom is -0.462 e. The zero-order valence-corrected chi connectivity index (χ0v) is 11.9. The van der Waals surface area contributed by atoms with Crippen LogP contribution < -0.4 is 11.3 Å². The highest BCUT2D eigenvalue weighted by Crippen LogP contribution is 2.30. The summed E-state index contributed by atoms with van der Waals surface area (Å²) < 4.78 is 10.5. The summed E-state index contributed by atoms with van der Waals surface area (Å²) in [6.07, 6.45) is 0. The SMILES string of the molecule is CCOC(=O)c1c(N)c2cc(-c3ccccc3)oc2[nH]c1=O. The lowest BCUT2D eigenvalue weighted by molar-refractivity contribution is 0.0526. The van der Waals surface area contributed by atoms with Crippen LogP contribution in [0.3, 0.4) is 0 Å². The third-order valence-corrected chi connectivity index (χ3v) is 3.28. The second-order valence-electron chi connectivity index (χ2n) is 4.68. The molecule has 0 aliphatic heterocycles. The molecule has 1 aromatic carbocycles. The largest absolute Gasteiger partial charge is 0.462 e. The average Bonchev–Trinajstić information content (AvgIpc) is 2.92. The molecular formula is C16H14N2O4. The Kier molecular flexibility index (Phi) is 3.42. The molecule has 22 heavy (non-hydrogen) atoms. The van der Waals surface area contributed by atoms with Crippen molar-refractivity contribution in [2.24, 2.45) is 0 Å². The van der Waals surface area contributed by atoms with Crippen LogP contribution in [0.1, 0.15) is 17.3 Å². The third-order valence-electron chi connectivity index (χ3n) is 3.28. The minimum atomic E-state index is -0.745. The Hall–Kier alpha value is -3.02. The molecule has 0 saturated carbocycles. The van der Waals surface area contributed by atoms with Crippen molar-refractivity contribution >= 4 is 22.8 Å². The van der Waals surface area contributed by atoms with Gasteiger partial charge in [-0.15, -0.1) is 0 Å². The van der Waals surface area contributed by atoms with Crippen molar-refractivity contribution < 1.29 is 13.9 Å². The first kappa shape index (κ1) is 13.9. The lowest BCUT2D eigenvalue weighted by Gasteiger charge is -2.04. The van der Waals surface area contributed by atoms with E-state index in [1.54, 1.807) is 13.0 Å². The van der Waals surface area contributed by atoms with Gasteiger partial charge in [0.05, 0.1) is 17.7 Å².